The lowest BCUT2D eigenvalue weighted by atomic mass is 10.1. The first-order valence-corrected chi connectivity index (χ1v) is 8.06. The van der Waals surface area contributed by atoms with Gasteiger partial charge in [-0.2, -0.15) is 17.5 Å². The molecule has 4 nitrogen and oxygen atoms in total. The number of hydrogen-bond donors (Lipinski definition) is 1. The fraction of sp³-hybridized carbons (Fsp3) is 0.500. The fourth-order valence-electron chi connectivity index (χ4n) is 2.20. The molecule has 1 heterocycles. The van der Waals surface area contributed by atoms with Crippen LogP contribution < -0.4 is 5.73 Å². The number of nitrogens with zero attached hydrogens (tertiary/aromatic N) is 1. The molecule has 21 heavy (non-hydrogen) atoms. The molecule has 0 atom stereocenters. The molecule has 0 aromatic heterocycles. The molecule has 0 spiro atoms. The molecule has 1 aliphatic heterocycles. The lowest BCUT2D eigenvalue weighted by Crippen LogP contribution is -2.43. The molecule has 0 amide bonds. The van der Waals surface area contributed by atoms with Gasteiger partial charge in [-0.15, -0.1) is 0 Å². The van der Waals surface area contributed by atoms with Gasteiger partial charge in [-0.1, -0.05) is 11.6 Å². The summed E-state index contributed by atoms with van der Waals surface area (Å²) in [7, 11) is -4.22. The topological polar surface area (TPSA) is 63.4 Å². The molecule has 2 N–H and O–H groups in total. The van der Waals surface area contributed by atoms with Crippen molar-refractivity contribution in [2.75, 3.05) is 13.1 Å². The monoisotopic (exact) mass is 342 g/mol. The maximum Gasteiger partial charge on any atom is 0.417 e. The van der Waals surface area contributed by atoms with E-state index in [1.54, 1.807) is 0 Å². The van der Waals surface area contributed by atoms with Crippen molar-refractivity contribution in [3.8, 4) is 0 Å². The van der Waals surface area contributed by atoms with Gasteiger partial charge in [-0.25, -0.2) is 8.42 Å². The number of benzene rings is 1. The Labute approximate surface area is 125 Å². The number of piperidine rings is 1. The number of nitrogens with two attached hydrogens (primary N) is 1. The highest BCUT2D eigenvalue weighted by Gasteiger charge is 2.39. The van der Waals surface area contributed by atoms with Crippen molar-refractivity contribution >= 4 is 21.6 Å². The Morgan fingerprint density at radius 2 is 1.81 bits per heavy atom. The minimum atomic E-state index is -4.79. The van der Waals surface area contributed by atoms with Gasteiger partial charge < -0.3 is 5.73 Å². The summed E-state index contributed by atoms with van der Waals surface area (Å²) in [5, 5.41) is -0.165. The van der Waals surface area contributed by atoms with Crippen LogP contribution in [0.15, 0.2) is 23.1 Å². The third-order valence-corrected chi connectivity index (χ3v) is 5.56. The molecule has 1 fully saturated rings. The average Bonchev–Trinajstić information content (AvgIpc) is 2.38. The minimum absolute atomic E-state index is 0.115. The van der Waals surface area contributed by atoms with Crippen LogP contribution in [0.4, 0.5) is 13.2 Å². The Morgan fingerprint density at radius 3 is 2.33 bits per heavy atom. The summed E-state index contributed by atoms with van der Waals surface area (Å²) in [4.78, 5) is -0.769. The van der Waals surface area contributed by atoms with Gasteiger partial charge in [0.1, 0.15) is 0 Å². The standard InChI is InChI=1S/C12H14ClF3N2O2S/c13-8-1-2-11(10(7-8)12(14,15)16)21(19,20)18-5-3-9(17)4-6-18/h1-2,7,9H,3-6,17H2. The molecule has 1 aliphatic rings. The second kappa shape index (κ2) is 5.75. The van der Waals surface area contributed by atoms with Gasteiger partial charge in [0.25, 0.3) is 0 Å². The summed E-state index contributed by atoms with van der Waals surface area (Å²) in [5.74, 6) is 0. The van der Waals surface area contributed by atoms with E-state index in [2.05, 4.69) is 0 Å². The van der Waals surface area contributed by atoms with Gasteiger partial charge >= 0.3 is 6.18 Å². The van der Waals surface area contributed by atoms with Gasteiger partial charge in [0.05, 0.1) is 10.5 Å². The summed E-state index contributed by atoms with van der Waals surface area (Å²) in [5.41, 5.74) is 4.43. The quantitative estimate of drug-likeness (QED) is 0.898. The third kappa shape index (κ3) is 3.50. The van der Waals surface area contributed by atoms with E-state index in [4.69, 9.17) is 17.3 Å². The summed E-state index contributed by atoms with van der Waals surface area (Å²) in [6, 6.07) is 2.54. The first-order valence-electron chi connectivity index (χ1n) is 6.25. The fourth-order valence-corrected chi connectivity index (χ4v) is 4.04. The Kier molecular flexibility index (Phi) is 4.53. The molecule has 1 aromatic carbocycles. The molecule has 2 rings (SSSR count). The van der Waals surface area contributed by atoms with E-state index in [-0.39, 0.29) is 24.2 Å². The molecule has 1 aromatic rings. The Balaban J connectivity index is 2.45. The maximum absolute atomic E-state index is 13.0. The zero-order valence-corrected chi connectivity index (χ0v) is 12.5. The van der Waals surface area contributed by atoms with Gasteiger partial charge in [-0.3, -0.25) is 0 Å². The first kappa shape index (κ1) is 16.5. The molecule has 0 unspecified atom stereocenters. The second-order valence-electron chi connectivity index (χ2n) is 4.88. The van der Waals surface area contributed by atoms with Crippen LogP contribution in [0.3, 0.4) is 0 Å². The Hall–Kier alpha value is -0.830. The van der Waals surface area contributed by atoms with Crippen LogP contribution >= 0.6 is 11.6 Å². The van der Waals surface area contributed by atoms with E-state index in [9.17, 15) is 21.6 Å². The highest BCUT2D eigenvalue weighted by molar-refractivity contribution is 7.89. The zero-order valence-electron chi connectivity index (χ0n) is 10.9. The molecule has 9 heteroatoms. The molecule has 0 bridgehead atoms. The van der Waals surface area contributed by atoms with E-state index in [1.807, 2.05) is 0 Å². The minimum Gasteiger partial charge on any atom is -0.328 e. The average molecular weight is 343 g/mol. The predicted octanol–water partition coefficient (Wildman–Crippen LogP) is 2.47. The number of alkyl halides is 3. The molecular weight excluding hydrogens is 329 g/mol. The Morgan fingerprint density at radius 1 is 1.24 bits per heavy atom. The number of halogens is 4. The predicted molar refractivity (Wildman–Crippen MR) is 72.4 cm³/mol. The lowest BCUT2D eigenvalue weighted by molar-refractivity contribution is -0.139. The van der Waals surface area contributed by atoms with E-state index >= 15 is 0 Å². The maximum atomic E-state index is 13.0. The van der Waals surface area contributed by atoms with E-state index in [1.165, 1.54) is 0 Å². The molecular formula is C12H14ClF3N2O2S. The van der Waals surface area contributed by atoms with Crippen molar-refractivity contribution in [2.45, 2.75) is 30.0 Å². The molecule has 0 aliphatic carbocycles. The summed E-state index contributed by atoms with van der Waals surface area (Å²) in [6.07, 6.45) is -3.94. The van der Waals surface area contributed by atoms with Gasteiger partial charge in [0, 0.05) is 24.2 Å². The number of rotatable bonds is 2. The second-order valence-corrected chi connectivity index (χ2v) is 7.22. The zero-order chi connectivity index (χ0) is 15.8. The SMILES string of the molecule is NC1CCN(S(=O)(=O)c2ccc(Cl)cc2C(F)(F)F)CC1. The van der Waals surface area contributed by atoms with Crippen molar-refractivity contribution in [1.82, 2.24) is 4.31 Å². The van der Waals surface area contributed by atoms with Crippen molar-refractivity contribution in [3.05, 3.63) is 28.8 Å². The number of sulfonamides is 1. The van der Waals surface area contributed by atoms with Crippen LogP contribution in [0.1, 0.15) is 18.4 Å². The van der Waals surface area contributed by atoms with Crippen molar-refractivity contribution in [1.29, 1.82) is 0 Å². The molecule has 0 radical (unpaired) electrons. The van der Waals surface area contributed by atoms with E-state index in [0.717, 1.165) is 16.4 Å². The summed E-state index contributed by atoms with van der Waals surface area (Å²) in [6.45, 7) is 0.229. The summed E-state index contributed by atoms with van der Waals surface area (Å²) < 4.78 is 64.9. The normalized spacial score (nSPS) is 18.9. The van der Waals surface area contributed by atoms with Crippen LogP contribution in [0.5, 0.6) is 0 Å². The molecule has 118 valence electrons. The summed E-state index contributed by atoms with van der Waals surface area (Å²) >= 11 is 5.55. The smallest absolute Gasteiger partial charge is 0.328 e. The van der Waals surface area contributed by atoms with E-state index in [0.29, 0.717) is 18.9 Å². The van der Waals surface area contributed by atoms with Crippen molar-refractivity contribution < 1.29 is 21.6 Å². The van der Waals surface area contributed by atoms with Crippen LogP contribution in [0.25, 0.3) is 0 Å². The van der Waals surface area contributed by atoms with Crippen LogP contribution in [0, 0.1) is 0 Å². The van der Waals surface area contributed by atoms with Crippen molar-refractivity contribution in [2.24, 2.45) is 5.73 Å². The Bertz CT molecular complexity index is 626. The van der Waals surface area contributed by atoms with Gasteiger partial charge in [-0.05, 0) is 31.0 Å². The molecule has 0 saturated carbocycles. The highest BCUT2D eigenvalue weighted by Crippen LogP contribution is 2.37. The largest absolute Gasteiger partial charge is 0.417 e. The lowest BCUT2D eigenvalue weighted by Gasteiger charge is -2.30. The highest BCUT2D eigenvalue weighted by atomic mass is 35.5. The van der Waals surface area contributed by atoms with Crippen molar-refractivity contribution in [3.63, 3.8) is 0 Å². The number of hydrogen-bond acceptors (Lipinski definition) is 3. The van der Waals surface area contributed by atoms with Crippen LogP contribution in [-0.2, 0) is 16.2 Å². The van der Waals surface area contributed by atoms with Gasteiger partial charge in [0.2, 0.25) is 10.0 Å². The third-order valence-electron chi connectivity index (χ3n) is 3.36. The van der Waals surface area contributed by atoms with E-state index < -0.39 is 26.7 Å². The molecule has 1 saturated heterocycles. The van der Waals surface area contributed by atoms with Gasteiger partial charge in [0.15, 0.2) is 0 Å². The first-order chi connectivity index (χ1) is 9.62. The van der Waals surface area contributed by atoms with Crippen LogP contribution in [0.2, 0.25) is 5.02 Å². The van der Waals surface area contributed by atoms with Crippen LogP contribution in [-0.4, -0.2) is 31.9 Å².